The Morgan fingerprint density at radius 2 is 2.21 bits per heavy atom. The summed E-state index contributed by atoms with van der Waals surface area (Å²) in [6.45, 7) is 3.16. The molecule has 0 saturated carbocycles. The van der Waals surface area contributed by atoms with Crippen LogP contribution in [0.4, 0.5) is 4.39 Å². The molecule has 3 aromatic rings. The summed E-state index contributed by atoms with van der Waals surface area (Å²) in [6.07, 6.45) is 10.8. The Bertz CT molecular complexity index is 1330. The molecule has 2 aliphatic rings. The first-order valence-corrected chi connectivity index (χ1v) is 11.1. The van der Waals surface area contributed by atoms with Gasteiger partial charge in [-0.3, -0.25) is 4.68 Å². The predicted octanol–water partition coefficient (Wildman–Crippen LogP) is 4.27. The van der Waals surface area contributed by atoms with E-state index in [9.17, 15) is 14.9 Å². The molecule has 4 heterocycles. The van der Waals surface area contributed by atoms with Crippen molar-refractivity contribution in [1.29, 1.82) is 10.5 Å². The number of nitriles is 2. The Kier molecular flexibility index (Phi) is 5.39. The monoisotopic (exact) mass is 442 g/mol. The zero-order chi connectivity index (χ0) is 22.9. The molecule has 9 heteroatoms. The molecule has 3 atom stereocenters. The van der Waals surface area contributed by atoms with Crippen LogP contribution < -0.4 is 0 Å². The Hall–Kier alpha value is -3.98. The van der Waals surface area contributed by atoms with Crippen molar-refractivity contribution in [1.82, 2.24) is 29.6 Å². The highest BCUT2D eigenvalue weighted by molar-refractivity contribution is 5.89. The predicted molar refractivity (Wildman–Crippen MR) is 120 cm³/mol. The number of aromatic amines is 1. The summed E-state index contributed by atoms with van der Waals surface area (Å²) < 4.78 is 16.4. The quantitative estimate of drug-likeness (QED) is 0.632. The van der Waals surface area contributed by atoms with E-state index in [-0.39, 0.29) is 29.3 Å². The van der Waals surface area contributed by atoms with E-state index < -0.39 is 0 Å². The summed E-state index contributed by atoms with van der Waals surface area (Å²) in [5, 5.41) is 24.5. The van der Waals surface area contributed by atoms with Crippen LogP contribution in [0.3, 0.4) is 0 Å². The van der Waals surface area contributed by atoms with Crippen LogP contribution in [0, 0.1) is 34.5 Å². The van der Waals surface area contributed by atoms with Gasteiger partial charge in [-0.2, -0.15) is 15.6 Å². The second-order valence-electron chi connectivity index (χ2n) is 8.66. The lowest BCUT2D eigenvalue weighted by atomic mass is 9.93. The van der Waals surface area contributed by atoms with Crippen LogP contribution in [0.15, 0.2) is 54.2 Å². The average molecular weight is 443 g/mol. The van der Waals surface area contributed by atoms with Gasteiger partial charge in [0, 0.05) is 48.3 Å². The fraction of sp³-hybridized carbons (Fsp3) is 0.375. The van der Waals surface area contributed by atoms with E-state index in [1.165, 1.54) is 6.33 Å². The molecule has 0 spiro atoms. The molecule has 1 fully saturated rings. The lowest BCUT2D eigenvalue weighted by molar-refractivity contribution is 0.303. The standard InChI is InChI=1S/C24H23FN8/c1-15-2-3-21(19(10-27)22(15)25)32-9-6-16(12-32)20(4-7-26)33-13-17(11-31-33)23-18-5-8-28-24(18)30-14-29-23/h3,5,8,11,13-16,20H,2,4,6,9,12H2,1H3,(H,28,29,30). The van der Waals surface area contributed by atoms with Gasteiger partial charge in [0.2, 0.25) is 0 Å². The van der Waals surface area contributed by atoms with Crippen LogP contribution in [0.2, 0.25) is 0 Å². The first-order chi connectivity index (χ1) is 16.1. The van der Waals surface area contributed by atoms with E-state index in [1.54, 1.807) is 13.1 Å². The molecule has 3 unspecified atom stereocenters. The van der Waals surface area contributed by atoms with E-state index in [2.05, 4.69) is 37.1 Å². The van der Waals surface area contributed by atoms with Crippen molar-refractivity contribution in [3.8, 4) is 23.4 Å². The topological polar surface area (TPSA) is 110 Å². The summed E-state index contributed by atoms with van der Waals surface area (Å²) >= 11 is 0. The zero-order valence-corrected chi connectivity index (χ0v) is 18.2. The number of hydrogen-bond donors (Lipinski definition) is 1. The van der Waals surface area contributed by atoms with Gasteiger partial charge >= 0.3 is 0 Å². The van der Waals surface area contributed by atoms with Crippen molar-refractivity contribution in [2.24, 2.45) is 11.8 Å². The highest BCUT2D eigenvalue weighted by Gasteiger charge is 2.35. The Labute approximate surface area is 190 Å². The van der Waals surface area contributed by atoms with Crippen LogP contribution in [0.1, 0.15) is 32.2 Å². The summed E-state index contributed by atoms with van der Waals surface area (Å²) in [6, 6.07) is 6.16. The molecule has 3 aromatic heterocycles. The van der Waals surface area contributed by atoms with Crippen LogP contribution in [-0.2, 0) is 0 Å². The van der Waals surface area contributed by atoms with E-state index in [4.69, 9.17) is 0 Å². The largest absolute Gasteiger partial charge is 0.370 e. The van der Waals surface area contributed by atoms with Gasteiger partial charge in [-0.15, -0.1) is 0 Å². The SMILES string of the molecule is CC1CC=C(N2CCC(C(CC#N)n3cc(-c4ncnc5[nH]ccc45)cn3)C2)C(C#N)=C1F. The van der Waals surface area contributed by atoms with Gasteiger partial charge in [0.15, 0.2) is 0 Å². The summed E-state index contributed by atoms with van der Waals surface area (Å²) in [7, 11) is 0. The number of rotatable bonds is 5. The van der Waals surface area contributed by atoms with Crippen LogP contribution in [0.25, 0.3) is 22.3 Å². The number of fused-ring (bicyclic) bond motifs is 1. The van der Waals surface area contributed by atoms with E-state index >= 15 is 0 Å². The maximum Gasteiger partial charge on any atom is 0.141 e. The maximum atomic E-state index is 14.6. The Morgan fingerprint density at radius 3 is 3.03 bits per heavy atom. The normalized spacial score (nSPS) is 21.7. The van der Waals surface area contributed by atoms with Crippen LogP contribution in [-0.4, -0.2) is 42.7 Å². The Balaban J connectivity index is 1.39. The number of nitrogens with one attached hydrogen (secondary N) is 1. The number of aromatic nitrogens is 5. The van der Waals surface area contributed by atoms with E-state index in [1.807, 2.05) is 29.2 Å². The molecule has 166 valence electrons. The van der Waals surface area contributed by atoms with E-state index in [0.717, 1.165) is 35.3 Å². The van der Waals surface area contributed by atoms with Gasteiger partial charge < -0.3 is 9.88 Å². The van der Waals surface area contributed by atoms with Crippen molar-refractivity contribution >= 4 is 11.0 Å². The van der Waals surface area contributed by atoms with E-state index in [0.29, 0.717) is 25.1 Å². The molecule has 1 saturated heterocycles. The van der Waals surface area contributed by atoms with Crippen molar-refractivity contribution in [2.75, 3.05) is 13.1 Å². The van der Waals surface area contributed by atoms with Crippen molar-refractivity contribution in [3.63, 3.8) is 0 Å². The summed E-state index contributed by atoms with van der Waals surface area (Å²) in [5.74, 6) is -0.438. The number of allylic oxidation sites excluding steroid dienone is 3. The smallest absolute Gasteiger partial charge is 0.141 e. The Morgan fingerprint density at radius 1 is 1.33 bits per heavy atom. The van der Waals surface area contributed by atoms with Crippen molar-refractivity contribution in [3.05, 3.63) is 54.2 Å². The number of hydrogen-bond acceptors (Lipinski definition) is 6. The minimum Gasteiger partial charge on any atom is -0.370 e. The lowest BCUT2D eigenvalue weighted by Crippen LogP contribution is -2.27. The molecular formula is C24H23FN8. The third-order valence-corrected chi connectivity index (χ3v) is 6.68. The third kappa shape index (κ3) is 3.66. The van der Waals surface area contributed by atoms with Crippen molar-refractivity contribution in [2.45, 2.75) is 32.2 Å². The number of nitrogens with zero attached hydrogens (tertiary/aromatic N) is 7. The van der Waals surface area contributed by atoms with Gasteiger partial charge in [-0.05, 0) is 18.9 Å². The molecule has 0 aromatic carbocycles. The molecule has 5 rings (SSSR count). The fourth-order valence-electron chi connectivity index (χ4n) is 4.89. The third-order valence-electron chi connectivity index (χ3n) is 6.68. The molecule has 0 radical (unpaired) electrons. The molecule has 1 aliphatic heterocycles. The molecule has 8 nitrogen and oxygen atoms in total. The average Bonchev–Trinajstić information content (AvgIpc) is 3.59. The van der Waals surface area contributed by atoms with Gasteiger partial charge in [-0.25, -0.2) is 14.4 Å². The van der Waals surface area contributed by atoms with Gasteiger partial charge in [0.25, 0.3) is 0 Å². The second-order valence-corrected chi connectivity index (χ2v) is 8.66. The first-order valence-electron chi connectivity index (χ1n) is 11.1. The van der Waals surface area contributed by atoms with Crippen molar-refractivity contribution < 1.29 is 4.39 Å². The highest BCUT2D eigenvalue weighted by atomic mass is 19.1. The molecule has 0 amide bonds. The van der Waals surface area contributed by atoms with Gasteiger partial charge in [-0.1, -0.05) is 13.0 Å². The molecule has 1 N–H and O–H groups in total. The van der Waals surface area contributed by atoms with Crippen LogP contribution in [0.5, 0.6) is 0 Å². The number of halogens is 1. The second kappa shape index (κ2) is 8.51. The van der Waals surface area contributed by atoms with Gasteiger partial charge in [0.1, 0.15) is 29.4 Å². The number of likely N-dealkylation sites (tertiary alicyclic amines) is 1. The zero-order valence-electron chi connectivity index (χ0n) is 18.2. The fourth-order valence-corrected chi connectivity index (χ4v) is 4.89. The van der Waals surface area contributed by atoms with Gasteiger partial charge in [0.05, 0.1) is 36.1 Å². The molecule has 33 heavy (non-hydrogen) atoms. The highest BCUT2D eigenvalue weighted by Crippen LogP contribution is 2.38. The molecular weight excluding hydrogens is 419 g/mol. The summed E-state index contributed by atoms with van der Waals surface area (Å²) in [4.78, 5) is 13.8. The first kappa shape index (κ1) is 20.9. The minimum atomic E-state index is -0.329. The molecule has 1 aliphatic carbocycles. The summed E-state index contributed by atoms with van der Waals surface area (Å²) in [5.41, 5.74) is 3.24. The minimum absolute atomic E-state index is 0.125. The lowest BCUT2D eigenvalue weighted by Gasteiger charge is -2.28. The van der Waals surface area contributed by atoms with Crippen LogP contribution >= 0.6 is 0 Å². The molecule has 0 bridgehead atoms. The number of H-pyrrole nitrogens is 1. The maximum absolute atomic E-state index is 14.6.